The molecule has 3 heteroatoms. The SMILES string of the molecule is O=c1ccc2cc3nc(-c4ccccc4)cc(-c4ccccc4)c3cc2o1. The zero-order chi connectivity index (χ0) is 18.2. The van der Waals surface area contributed by atoms with Crippen LogP contribution in [-0.2, 0) is 0 Å². The zero-order valence-electron chi connectivity index (χ0n) is 14.4. The van der Waals surface area contributed by atoms with Crippen LogP contribution < -0.4 is 5.63 Å². The minimum atomic E-state index is -0.350. The van der Waals surface area contributed by atoms with Crippen LogP contribution in [0.1, 0.15) is 0 Å². The molecule has 0 N–H and O–H groups in total. The van der Waals surface area contributed by atoms with Crippen LogP contribution >= 0.6 is 0 Å². The Balaban J connectivity index is 1.88. The van der Waals surface area contributed by atoms with Crippen molar-refractivity contribution in [1.82, 2.24) is 4.98 Å². The monoisotopic (exact) mass is 349 g/mol. The highest BCUT2D eigenvalue weighted by molar-refractivity contribution is 6.03. The Kier molecular flexibility index (Phi) is 3.58. The number of pyridine rings is 1. The molecule has 0 saturated heterocycles. The molecule has 3 nitrogen and oxygen atoms in total. The summed E-state index contributed by atoms with van der Waals surface area (Å²) < 4.78 is 5.39. The van der Waals surface area contributed by atoms with Gasteiger partial charge in [-0.1, -0.05) is 60.7 Å². The van der Waals surface area contributed by atoms with Crippen LogP contribution in [-0.4, -0.2) is 4.98 Å². The Bertz CT molecular complexity index is 1320. The summed E-state index contributed by atoms with van der Waals surface area (Å²) in [5.41, 5.74) is 5.23. The average Bonchev–Trinajstić information content (AvgIpc) is 2.73. The summed E-state index contributed by atoms with van der Waals surface area (Å²) in [5.74, 6) is 0. The van der Waals surface area contributed by atoms with Gasteiger partial charge < -0.3 is 4.42 Å². The van der Waals surface area contributed by atoms with Crippen LogP contribution in [0.2, 0.25) is 0 Å². The number of hydrogen-bond donors (Lipinski definition) is 0. The van der Waals surface area contributed by atoms with Gasteiger partial charge in [0.05, 0.1) is 11.2 Å². The summed E-state index contributed by atoms with van der Waals surface area (Å²) >= 11 is 0. The second-order valence-corrected chi connectivity index (χ2v) is 6.45. The molecule has 0 radical (unpaired) electrons. The summed E-state index contributed by atoms with van der Waals surface area (Å²) in [5, 5.41) is 1.82. The standard InChI is InChI=1S/C24H15NO2/c26-24-12-11-18-13-22-20(15-23(18)27-24)19(16-7-3-1-4-8-16)14-21(25-22)17-9-5-2-6-10-17/h1-15H. The van der Waals surface area contributed by atoms with E-state index in [2.05, 4.69) is 30.3 Å². The van der Waals surface area contributed by atoms with Crippen LogP contribution in [0.4, 0.5) is 0 Å². The summed E-state index contributed by atoms with van der Waals surface area (Å²) in [6, 6.07) is 29.5. The van der Waals surface area contributed by atoms with Gasteiger partial charge in [-0.05, 0) is 35.4 Å². The van der Waals surface area contributed by atoms with Crippen molar-refractivity contribution in [3.8, 4) is 22.4 Å². The van der Waals surface area contributed by atoms with E-state index in [9.17, 15) is 4.79 Å². The van der Waals surface area contributed by atoms with Crippen LogP contribution in [0.15, 0.2) is 100 Å². The highest BCUT2D eigenvalue weighted by Crippen LogP contribution is 2.34. The van der Waals surface area contributed by atoms with Crippen molar-refractivity contribution < 1.29 is 4.42 Å². The lowest BCUT2D eigenvalue weighted by molar-refractivity contribution is 0.561. The molecule has 27 heavy (non-hydrogen) atoms. The fourth-order valence-corrected chi connectivity index (χ4v) is 3.40. The minimum absolute atomic E-state index is 0.350. The predicted molar refractivity (Wildman–Crippen MR) is 109 cm³/mol. The molecule has 0 fully saturated rings. The van der Waals surface area contributed by atoms with E-state index in [-0.39, 0.29) is 5.63 Å². The lowest BCUT2D eigenvalue weighted by atomic mass is 9.97. The molecule has 0 aliphatic heterocycles. The Morgan fingerprint density at radius 1 is 0.704 bits per heavy atom. The quantitative estimate of drug-likeness (QED) is 0.304. The van der Waals surface area contributed by atoms with Gasteiger partial charge in [0.25, 0.3) is 0 Å². The van der Waals surface area contributed by atoms with Crippen molar-refractivity contribution in [2.75, 3.05) is 0 Å². The molecule has 2 heterocycles. The van der Waals surface area contributed by atoms with E-state index in [1.807, 2.05) is 48.5 Å². The van der Waals surface area contributed by atoms with Crippen molar-refractivity contribution in [1.29, 1.82) is 0 Å². The second kappa shape index (κ2) is 6.22. The summed E-state index contributed by atoms with van der Waals surface area (Å²) in [7, 11) is 0. The van der Waals surface area contributed by atoms with E-state index in [1.54, 1.807) is 6.07 Å². The number of fused-ring (bicyclic) bond motifs is 2. The van der Waals surface area contributed by atoms with Crippen molar-refractivity contribution in [3.05, 3.63) is 101 Å². The molecule has 5 rings (SSSR count). The Morgan fingerprint density at radius 2 is 1.41 bits per heavy atom. The average molecular weight is 349 g/mol. The molecule has 5 aromatic rings. The predicted octanol–water partition coefficient (Wildman–Crippen LogP) is 5.68. The largest absolute Gasteiger partial charge is 0.423 e. The third kappa shape index (κ3) is 2.79. The Labute approximate surface area is 155 Å². The van der Waals surface area contributed by atoms with Gasteiger partial charge in [-0.25, -0.2) is 9.78 Å². The highest BCUT2D eigenvalue weighted by Gasteiger charge is 2.11. The second-order valence-electron chi connectivity index (χ2n) is 6.45. The van der Waals surface area contributed by atoms with Crippen LogP contribution in [0, 0.1) is 0 Å². The van der Waals surface area contributed by atoms with E-state index in [4.69, 9.17) is 9.40 Å². The van der Waals surface area contributed by atoms with E-state index in [0.29, 0.717) is 5.58 Å². The molecule has 128 valence electrons. The Morgan fingerprint density at radius 3 is 2.15 bits per heavy atom. The zero-order valence-corrected chi connectivity index (χ0v) is 14.4. The maximum absolute atomic E-state index is 11.6. The third-order valence-electron chi connectivity index (χ3n) is 4.70. The molecule has 3 aromatic carbocycles. The lowest BCUT2D eigenvalue weighted by Gasteiger charge is -2.11. The number of rotatable bonds is 2. The normalized spacial score (nSPS) is 11.1. The highest BCUT2D eigenvalue weighted by atomic mass is 16.4. The van der Waals surface area contributed by atoms with Crippen molar-refractivity contribution in [2.24, 2.45) is 0 Å². The van der Waals surface area contributed by atoms with E-state index in [0.717, 1.165) is 38.7 Å². The van der Waals surface area contributed by atoms with Crippen LogP contribution in [0.25, 0.3) is 44.3 Å². The van der Waals surface area contributed by atoms with Crippen molar-refractivity contribution in [2.45, 2.75) is 0 Å². The number of hydrogen-bond acceptors (Lipinski definition) is 3. The van der Waals surface area contributed by atoms with Gasteiger partial charge in [0.2, 0.25) is 0 Å². The first kappa shape index (κ1) is 15.5. The van der Waals surface area contributed by atoms with Gasteiger partial charge in [0, 0.05) is 22.4 Å². The van der Waals surface area contributed by atoms with Gasteiger partial charge in [-0.2, -0.15) is 0 Å². The number of benzene rings is 3. The molecule has 0 unspecified atom stereocenters. The molecule has 0 aliphatic carbocycles. The third-order valence-corrected chi connectivity index (χ3v) is 4.70. The number of aromatic nitrogens is 1. The number of nitrogens with zero attached hydrogens (tertiary/aromatic N) is 1. The van der Waals surface area contributed by atoms with Gasteiger partial charge in [0.1, 0.15) is 5.58 Å². The van der Waals surface area contributed by atoms with E-state index in [1.165, 1.54) is 6.07 Å². The minimum Gasteiger partial charge on any atom is -0.423 e. The first-order valence-electron chi connectivity index (χ1n) is 8.77. The van der Waals surface area contributed by atoms with Crippen LogP contribution in [0.3, 0.4) is 0 Å². The molecule has 0 spiro atoms. The summed E-state index contributed by atoms with van der Waals surface area (Å²) in [4.78, 5) is 16.5. The van der Waals surface area contributed by atoms with Gasteiger partial charge in [0.15, 0.2) is 0 Å². The summed E-state index contributed by atoms with van der Waals surface area (Å²) in [6.07, 6.45) is 0. The van der Waals surface area contributed by atoms with Crippen molar-refractivity contribution in [3.63, 3.8) is 0 Å². The fraction of sp³-hybridized carbons (Fsp3) is 0. The van der Waals surface area contributed by atoms with E-state index >= 15 is 0 Å². The molecule has 0 amide bonds. The molecule has 0 saturated carbocycles. The lowest BCUT2D eigenvalue weighted by Crippen LogP contribution is -1.95. The van der Waals surface area contributed by atoms with Gasteiger partial charge >= 0.3 is 5.63 Å². The first-order chi connectivity index (χ1) is 13.3. The fourth-order valence-electron chi connectivity index (χ4n) is 3.40. The van der Waals surface area contributed by atoms with Gasteiger partial charge in [-0.3, -0.25) is 0 Å². The maximum Gasteiger partial charge on any atom is 0.336 e. The first-order valence-corrected chi connectivity index (χ1v) is 8.77. The topological polar surface area (TPSA) is 43.1 Å². The smallest absolute Gasteiger partial charge is 0.336 e. The molecule has 0 bridgehead atoms. The van der Waals surface area contributed by atoms with E-state index < -0.39 is 0 Å². The summed E-state index contributed by atoms with van der Waals surface area (Å²) in [6.45, 7) is 0. The Hall–Kier alpha value is -3.72. The maximum atomic E-state index is 11.6. The van der Waals surface area contributed by atoms with Crippen LogP contribution in [0.5, 0.6) is 0 Å². The molecule has 0 aliphatic rings. The van der Waals surface area contributed by atoms with Crippen molar-refractivity contribution >= 4 is 21.9 Å². The molecule has 2 aromatic heterocycles. The van der Waals surface area contributed by atoms with Gasteiger partial charge in [-0.15, -0.1) is 0 Å². The molecular formula is C24H15NO2. The molecule has 0 atom stereocenters. The molecular weight excluding hydrogens is 334 g/mol.